The maximum absolute atomic E-state index is 12.5. The third kappa shape index (κ3) is 9.69. The van der Waals surface area contributed by atoms with Crippen LogP contribution < -0.4 is 20.1 Å². The van der Waals surface area contributed by atoms with Crippen molar-refractivity contribution in [1.82, 2.24) is 10.6 Å². The minimum atomic E-state index is -2.86. The molecular weight excluding hydrogens is 426 g/mol. The van der Waals surface area contributed by atoms with E-state index < -0.39 is 12.7 Å². The van der Waals surface area contributed by atoms with Gasteiger partial charge >= 0.3 is 6.61 Å². The first-order valence-corrected chi connectivity index (χ1v) is 11.1. The van der Waals surface area contributed by atoms with Crippen molar-refractivity contribution in [3.63, 3.8) is 0 Å². The molecule has 0 spiro atoms. The lowest BCUT2D eigenvalue weighted by atomic mass is 10.1. The van der Waals surface area contributed by atoms with Crippen molar-refractivity contribution < 1.29 is 27.8 Å². The summed E-state index contributed by atoms with van der Waals surface area (Å²) in [6.45, 7) is -2.70. The first kappa shape index (κ1) is 24.5. The van der Waals surface area contributed by atoms with Gasteiger partial charge in [-0.2, -0.15) is 20.5 Å². The second-order valence-electron chi connectivity index (χ2n) is 6.57. The van der Waals surface area contributed by atoms with Gasteiger partial charge in [-0.05, 0) is 54.7 Å². The Morgan fingerprint density at radius 1 is 1.03 bits per heavy atom. The lowest BCUT2D eigenvalue weighted by molar-refractivity contribution is -0.130. The summed E-state index contributed by atoms with van der Waals surface area (Å²) in [4.78, 5) is 24.8. The van der Waals surface area contributed by atoms with E-state index in [4.69, 9.17) is 4.74 Å². The highest BCUT2D eigenvalue weighted by Crippen LogP contribution is 2.15. The largest absolute Gasteiger partial charge is 0.484 e. The first-order valence-electron chi connectivity index (χ1n) is 9.75. The van der Waals surface area contributed by atoms with E-state index in [9.17, 15) is 18.4 Å². The molecule has 0 radical (unpaired) electrons. The number of nitrogens with one attached hydrogen (secondary N) is 2. The standard InChI is InChI=1S/C22H26F2N2O4S/c1-31-14-12-19(26-20(27)15-29-17-5-3-2-4-6-17)21(28)25-13-11-16-7-9-18(10-8-16)30-22(23)24/h2-10,19,22H,11-15H2,1H3,(H,25,28)(H,26,27). The zero-order chi connectivity index (χ0) is 22.5. The van der Waals surface area contributed by atoms with Crippen LogP contribution in [0.4, 0.5) is 8.78 Å². The zero-order valence-corrected chi connectivity index (χ0v) is 18.0. The molecule has 0 bridgehead atoms. The smallest absolute Gasteiger partial charge is 0.387 e. The van der Waals surface area contributed by atoms with Gasteiger partial charge < -0.3 is 20.1 Å². The number of para-hydroxylation sites is 1. The van der Waals surface area contributed by atoms with Gasteiger partial charge in [0.25, 0.3) is 5.91 Å². The van der Waals surface area contributed by atoms with Gasteiger partial charge in [0.2, 0.25) is 5.91 Å². The number of carbonyl (C=O) groups is 2. The quantitative estimate of drug-likeness (QED) is 0.488. The molecule has 168 valence electrons. The fourth-order valence-electron chi connectivity index (χ4n) is 2.70. The van der Waals surface area contributed by atoms with Crippen molar-refractivity contribution in [1.29, 1.82) is 0 Å². The van der Waals surface area contributed by atoms with Gasteiger partial charge in [-0.25, -0.2) is 0 Å². The molecule has 1 atom stereocenters. The Morgan fingerprint density at radius 2 is 1.74 bits per heavy atom. The third-order valence-corrected chi connectivity index (χ3v) is 4.88. The highest BCUT2D eigenvalue weighted by atomic mass is 32.2. The summed E-state index contributed by atoms with van der Waals surface area (Å²) < 4.78 is 34.1. The summed E-state index contributed by atoms with van der Waals surface area (Å²) >= 11 is 1.58. The lowest BCUT2D eigenvalue weighted by Gasteiger charge is -2.18. The van der Waals surface area contributed by atoms with Crippen LogP contribution in [0.3, 0.4) is 0 Å². The number of rotatable bonds is 13. The summed E-state index contributed by atoms with van der Waals surface area (Å²) in [6, 6.07) is 14.5. The summed E-state index contributed by atoms with van der Waals surface area (Å²) in [6.07, 6.45) is 2.93. The Bertz CT molecular complexity index is 807. The van der Waals surface area contributed by atoms with E-state index in [-0.39, 0.29) is 24.2 Å². The Hall–Kier alpha value is -2.81. The molecule has 0 saturated heterocycles. The first-order chi connectivity index (χ1) is 15.0. The topological polar surface area (TPSA) is 76.7 Å². The second kappa shape index (κ2) is 13.5. The number of ether oxygens (including phenoxy) is 2. The predicted octanol–water partition coefficient (Wildman–Crippen LogP) is 3.26. The molecule has 9 heteroatoms. The fraction of sp³-hybridized carbons (Fsp3) is 0.364. The molecule has 6 nitrogen and oxygen atoms in total. The van der Waals surface area contributed by atoms with Gasteiger partial charge in [0.1, 0.15) is 17.5 Å². The summed E-state index contributed by atoms with van der Waals surface area (Å²) in [5.41, 5.74) is 0.864. The van der Waals surface area contributed by atoms with Crippen LogP contribution in [0.5, 0.6) is 11.5 Å². The van der Waals surface area contributed by atoms with Crippen LogP contribution in [0.2, 0.25) is 0 Å². The monoisotopic (exact) mass is 452 g/mol. The molecule has 0 aliphatic rings. The van der Waals surface area contributed by atoms with Gasteiger partial charge in [-0.15, -0.1) is 0 Å². The van der Waals surface area contributed by atoms with Crippen molar-refractivity contribution in [2.75, 3.05) is 25.2 Å². The highest BCUT2D eigenvalue weighted by molar-refractivity contribution is 7.98. The molecule has 0 aliphatic heterocycles. The van der Waals surface area contributed by atoms with Crippen molar-refractivity contribution in [3.8, 4) is 11.5 Å². The molecule has 0 heterocycles. The molecule has 2 aromatic carbocycles. The Morgan fingerprint density at radius 3 is 2.39 bits per heavy atom. The molecule has 0 aromatic heterocycles. The molecule has 31 heavy (non-hydrogen) atoms. The highest BCUT2D eigenvalue weighted by Gasteiger charge is 2.20. The summed E-state index contributed by atoms with van der Waals surface area (Å²) in [7, 11) is 0. The maximum Gasteiger partial charge on any atom is 0.387 e. The predicted molar refractivity (Wildman–Crippen MR) is 117 cm³/mol. The Balaban J connectivity index is 1.79. The normalized spacial score (nSPS) is 11.6. The molecule has 2 aromatic rings. The molecule has 2 amide bonds. The fourth-order valence-corrected chi connectivity index (χ4v) is 3.17. The number of thioether (sulfide) groups is 1. The van der Waals surface area contributed by atoms with Crippen LogP contribution >= 0.6 is 11.8 Å². The number of benzene rings is 2. The van der Waals surface area contributed by atoms with Crippen LogP contribution in [0.1, 0.15) is 12.0 Å². The van der Waals surface area contributed by atoms with Crippen molar-refractivity contribution in [2.45, 2.75) is 25.5 Å². The maximum atomic E-state index is 12.5. The van der Waals surface area contributed by atoms with Crippen LogP contribution in [0.15, 0.2) is 54.6 Å². The van der Waals surface area contributed by atoms with Crippen LogP contribution in [-0.4, -0.2) is 49.6 Å². The average molecular weight is 453 g/mol. The van der Waals surface area contributed by atoms with E-state index in [0.717, 1.165) is 5.56 Å². The number of alkyl halides is 2. The van der Waals surface area contributed by atoms with E-state index in [1.54, 1.807) is 48.2 Å². The minimum absolute atomic E-state index is 0.0837. The van der Waals surface area contributed by atoms with Gasteiger partial charge in [-0.1, -0.05) is 30.3 Å². The number of amides is 2. The lowest BCUT2D eigenvalue weighted by Crippen LogP contribution is -2.48. The van der Waals surface area contributed by atoms with Gasteiger partial charge in [-0.3, -0.25) is 9.59 Å². The van der Waals surface area contributed by atoms with E-state index in [2.05, 4.69) is 15.4 Å². The second-order valence-corrected chi connectivity index (χ2v) is 7.55. The molecular formula is C22H26F2N2O4S. The van der Waals surface area contributed by atoms with Crippen molar-refractivity contribution in [3.05, 3.63) is 60.2 Å². The Kier molecular flexibility index (Phi) is 10.6. The van der Waals surface area contributed by atoms with E-state index >= 15 is 0 Å². The van der Waals surface area contributed by atoms with E-state index in [1.165, 1.54) is 12.1 Å². The number of hydrogen-bond acceptors (Lipinski definition) is 5. The number of carbonyl (C=O) groups excluding carboxylic acids is 2. The van der Waals surface area contributed by atoms with Gasteiger partial charge in [0.15, 0.2) is 6.61 Å². The SMILES string of the molecule is CSCCC(NC(=O)COc1ccccc1)C(=O)NCCc1ccc(OC(F)F)cc1. The minimum Gasteiger partial charge on any atom is -0.484 e. The molecule has 0 fully saturated rings. The van der Waals surface area contributed by atoms with Crippen LogP contribution in [0.25, 0.3) is 0 Å². The molecule has 2 N–H and O–H groups in total. The van der Waals surface area contributed by atoms with Gasteiger partial charge in [0.05, 0.1) is 0 Å². The van der Waals surface area contributed by atoms with Crippen LogP contribution in [0, 0.1) is 0 Å². The number of halogens is 2. The third-order valence-electron chi connectivity index (χ3n) is 4.24. The Labute approximate surface area is 184 Å². The van der Waals surface area contributed by atoms with Gasteiger partial charge in [0, 0.05) is 6.54 Å². The number of hydrogen-bond donors (Lipinski definition) is 2. The van der Waals surface area contributed by atoms with Crippen LogP contribution in [-0.2, 0) is 16.0 Å². The average Bonchev–Trinajstić information content (AvgIpc) is 2.76. The van der Waals surface area contributed by atoms with E-state index in [1.807, 2.05) is 12.3 Å². The molecule has 1 unspecified atom stereocenters. The molecule has 0 saturated carbocycles. The molecule has 0 aliphatic carbocycles. The van der Waals surface area contributed by atoms with Crippen molar-refractivity contribution in [2.24, 2.45) is 0 Å². The zero-order valence-electron chi connectivity index (χ0n) is 17.2. The summed E-state index contributed by atoms with van der Waals surface area (Å²) in [5.74, 6) is 0.719. The summed E-state index contributed by atoms with van der Waals surface area (Å²) in [5, 5.41) is 5.53. The van der Waals surface area contributed by atoms with E-state index in [0.29, 0.717) is 30.9 Å². The van der Waals surface area contributed by atoms with Crippen molar-refractivity contribution >= 4 is 23.6 Å². The molecule has 2 rings (SSSR count).